The predicted molar refractivity (Wildman–Crippen MR) is 94.0 cm³/mol. The average molecular weight is 399 g/mol. The van der Waals surface area contributed by atoms with Gasteiger partial charge in [-0.15, -0.1) is 0 Å². The number of carbonyl (C=O) groups excluding carboxylic acids is 2. The predicted octanol–water partition coefficient (Wildman–Crippen LogP) is 4.01. The minimum atomic E-state index is -4.49. The van der Waals surface area contributed by atoms with Crippen LogP contribution in [0.1, 0.15) is 39.0 Å². The monoisotopic (exact) mass is 399 g/mol. The quantitative estimate of drug-likeness (QED) is 0.536. The molecule has 1 aromatic carbocycles. The Hall–Kier alpha value is -2.97. The summed E-state index contributed by atoms with van der Waals surface area (Å²) in [5, 5.41) is 0. The van der Waals surface area contributed by atoms with Crippen molar-refractivity contribution >= 4 is 11.8 Å². The van der Waals surface area contributed by atoms with Gasteiger partial charge in [-0.05, 0) is 38.5 Å². The summed E-state index contributed by atoms with van der Waals surface area (Å²) in [6.45, 7) is 3.19. The molecule has 2 aromatic rings. The molecule has 1 N–H and O–H groups in total. The third kappa shape index (κ3) is 5.28. The number of para-hydroxylation sites is 2. The van der Waals surface area contributed by atoms with Gasteiger partial charge < -0.3 is 19.2 Å². The highest BCUT2D eigenvalue weighted by molar-refractivity contribution is 6.02. The van der Waals surface area contributed by atoms with Crippen molar-refractivity contribution in [1.82, 2.24) is 4.98 Å². The van der Waals surface area contributed by atoms with Crippen LogP contribution in [0.4, 0.5) is 13.2 Å². The van der Waals surface area contributed by atoms with Crippen LogP contribution in [0.2, 0.25) is 0 Å². The molecule has 0 aliphatic carbocycles. The average Bonchev–Trinajstić information content (AvgIpc) is 2.92. The molecule has 0 aliphatic heterocycles. The van der Waals surface area contributed by atoms with Gasteiger partial charge in [0.05, 0.1) is 17.9 Å². The van der Waals surface area contributed by atoms with Gasteiger partial charge in [0.2, 0.25) is 5.78 Å². The van der Waals surface area contributed by atoms with E-state index in [2.05, 4.69) is 4.98 Å². The number of alkyl halides is 3. The third-order valence-electron chi connectivity index (χ3n) is 3.80. The van der Waals surface area contributed by atoms with E-state index in [1.807, 2.05) is 0 Å². The van der Waals surface area contributed by atoms with Crippen LogP contribution < -0.4 is 9.47 Å². The van der Waals surface area contributed by atoms with Crippen molar-refractivity contribution < 1.29 is 37.0 Å². The molecule has 0 saturated carbocycles. The molecule has 0 spiro atoms. The van der Waals surface area contributed by atoms with Crippen molar-refractivity contribution in [1.29, 1.82) is 0 Å². The number of hydrogen-bond donors (Lipinski definition) is 1. The molecule has 1 heterocycles. The topological polar surface area (TPSA) is 77.6 Å². The van der Waals surface area contributed by atoms with E-state index in [9.17, 15) is 22.8 Å². The molecule has 6 nitrogen and oxygen atoms in total. The molecule has 0 atom stereocenters. The van der Waals surface area contributed by atoms with Gasteiger partial charge in [0.15, 0.2) is 24.7 Å². The maximum Gasteiger partial charge on any atom is 0.422 e. The highest BCUT2D eigenvalue weighted by Gasteiger charge is 2.29. The zero-order valence-corrected chi connectivity index (χ0v) is 15.6. The Labute approximate surface area is 159 Å². The second-order valence-electron chi connectivity index (χ2n) is 5.91. The van der Waals surface area contributed by atoms with Crippen LogP contribution in [-0.2, 0) is 4.74 Å². The summed E-state index contributed by atoms with van der Waals surface area (Å²) in [6, 6.07) is 5.75. The van der Waals surface area contributed by atoms with Crippen LogP contribution in [0, 0.1) is 13.8 Å². The van der Waals surface area contributed by atoms with Crippen LogP contribution in [0.5, 0.6) is 11.5 Å². The molecule has 0 fully saturated rings. The number of Topliss-reactive ketones (excluding diaryl/α,β-unsaturated/α-hetero) is 1. The summed E-state index contributed by atoms with van der Waals surface area (Å²) < 4.78 is 52.1. The van der Waals surface area contributed by atoms with Gasteiger partial charge in [0.1, 0.15) is 0 Å². The number of aryl methyl sites for hydroxylation is 1. The Kier molecular flexibility index (Phi) is 6.71. The summed E-state index contributed by atoms with van der Waals surface area (Å²) in [5.41, 5.74) is 1.35. The summed E-state index contributed by atoms with van der Waals surface area (Å²) in [6.07, 6.45) is -4.49. The number of benzene rings is 1. The number of esters is 1. The highest BCUT2D eigenvalue weighted by Crippen LogP contribution is 2.29. The minimum Gasteiger partial charge on any atom is -0.481 e. The fourth-order valence-electron chi connectivity index (χ4n) is 2.60. The van der Waals surface area contributed by atoms with Crippen LogP contribution in [0.15, 0.2) is 24.3 Å². The number of aromatic nitrogens is 1. The first-order valence-corrected chi connectivity index (χ1v) is 8.45. The van der Waals surface area contributed by atoms with E-state index in [4.69, 9.17) is 14.2 Å². The highest BCUT2D eigenvalue weighted by atomic mass is 19.4. The van der Waals surface area contributed by atoms with Crippen molar-refractivity contribution in [3.05, 3.63) is 46.8 Å². The van der Waals surface area contributed by atoms with E-state index in [-0.39, 0.29) is 29.4 Å². The Bertz CT molecular complexity index is 858. The normalized spacial score (nSPS) is 11.2. The molecule has 9 heteroatoms. The lowest BCUT2D eigenvalue weighted by Crippen LogP contribution is -2.20. The van der Waals surface area contributed by atoms with E-state index in [1.54, 1.807) is 26.8 Å². The van der Waals surface area contributed by atoms with Gasteiger partial charge in [-0.1, -0.05) is 12.1 Å². The first-order chi connectivity index (χ1) is 13.1. The number of halogens is 3. The molecule has 0 aliphatic rings. The lowest BCUT2D eigenvalue weighted by molar-refractivity contribution is -0.153. The summed E-state index contributed by atoms with van der Waals surface area (Å²) in [4.78, 5) is 27.3. The summed E-state index contributed by atoms with van der Waals surface area (Å²) >= 11 is 0. The lowest BCUT2D eigenvalue weighted by atomic mass is 10.1. The van der Waals surface area contributed by atoms with Gasteiger partial charge in [-0.25, -0.2) is 4.79 Å². The van der Waals surface area contributed by atoms with Crippen molar-refractivity contribution in [2.45, 2.75) is 26.9 Å². The second-order valence-corrected chi connectivity index (χ2v) is 5.91. The van der Waals surface area contributed by atoms with E-state index >= 15 is 0 Å². The molecule has 28 heavy (non-hydrogen) atoms. The van der Waals surface area contributed by atoms with Gasteiger partial charge in [0.25, 0.3) is 0 Å². The Morgan fingerprint density at radius 2 is 1.68 bits per heavy atom. The second kappa shape index (κ2) is 8.81. The Morgan fingerprint density at radius 3 is 2.25 bits per heavy atom. The minimum absolute atomic E-state index is 0.00615. The van der Waals surface area contributed by atoms with Gasteiger partial charge in [-0.3, -0.25) is 4.79 Å². The SMILES string of the molecule is CCOC(=O)c1c(C)[nH]c(C(=O)COc2ccccc2OCC(F)(F)F)c1C. The number of rotatable bonds is 8. The van der Waals surface area contributed by atoms with Crippen LogP contribution in [0.3, 0.4) is 0 Å². The maximum atomic E-state index is 12.5. The molecule has 1 aromatic heterocycles. The van der Waals surface area contributed by atoms with Crippen LogP contribution >= 0.6 is 0 Å². The van der Waals surface area contributed by atoms with E-state index in [1.165, 1.54) is 18.2 Å². The molecular weight excluding hydrogens is 379 g/mol. The number of ether oxygens (including phenoxy) is 3. The number of aromatic amines is 1. The number of nitrogens with one attached hydrogen (secondary N) is 1. The first kappa shape index (κ1) is 21.3. The number of H-pyrrole nitrogens is 1. The fourth-order valence-corrected chi connectivity index (χ4v) is 2.60. The largest absolute Gasteiger partial charge is 0.481 e. The first-order valence-electron chi connectivity index (χ1n) is 8.45. The smallest absolute Gasteiger partial charge is 0.422 e. The number of carbonyl (C=O) groups is 2. The summed E-state index contributed by atoms with van der Waals surface area (Å²) in [5.74, 6) is -1.13. The van der Waals surface area contributed by atoms with E-state index < -0.39 is 31.1 Å². The van der Waals surface area contributed by atoms with Crippen LogP contribution in [-0.4, -0.2) is 42.7 Å². The van der Waals surface area contributed by atoms with Crippen molar-refractivity contribution in [2.75, 3.05) is 19.8 Å². The number of ketones is 1. The van der Waals surface area contributed by atoms with Gasteiger partial charge in [0, 0.05) is 5.69 Å². The zero-order chi connectivity index (χ0) is 20.9. The van der Waals surface area contributed by atoms with E-state index in [0.29, 0.717) is 11.3 Å². The maximum absolute atomic E-state index is 12.5. The molecule has 0 saturated heterocycles. The van der Waals surface area contributed by atoms with Crippen LogP contribution in [0.25, 0.3) is 0 Å². The Morgan fingerprint density at radius 1 is 1.07 bits per heavy atom. The molecule has 0 unspecified atom stereocenters. The standard InChI is InChI=1S/C19H20F3NO5/c1-4-26-18(25)16-11(2)17(23-12(16)3)13(24)9-27-14-7-5-6-8-15(14)28-10-19(20,21)22/h5-8,23H,4,9-10H2,1-3H3. The van der Waals surface area contributed by atoms with Crippen molar-refractivity contribution in [2.24, 2.45) is 0 Å². The van der Waals surface area contributed by atoms with Gasteiger partial charge in [-0.2, -0.15) is 13.2 Å². The Balaban J connectivity index is 2.11. The molecular formula is C19H20F3NO5. The molecule has 0 amide bonds. The summed E-state index contributed by atoms with van der Waals surface area (Å²) in [7, 11) is 0. The van der Waals surface area contributed by atoms with E-state index in [0.717, 1.165) is 0 Å². The molecule has 152 valence electrons. The molecule has 0 radical (unpaired) electrons. The third-order valence-corrected chi connectivity index (χ3v) is 3.80. The number of hydrogen-bond acceptors (Lipinski definition) is 5. The lowest BCUT2D eigenvalue weighted by Gasteiger charge is -2.13. The molecule has 0 bridgehead atoms. The molecule has 2 rings (SSSR count). The fraction of sp³-hybridized carbons (Fsp3) is 0.368. The van der Waals surface area contributed by atoms with Gasteiger partial charge >= 0.3 is 12.1 Å². The van der Waals surface area contributed by atoms with Crippen molar-refractivity contribution in [3.63, 3.8) is 0 Å². The zero-order valence-electron chi connectivity index (χ0n) is 15.6. The van der Waals surface area contributed by atoms with Crippen molar-refractivity contribution in [3.8, 4) is 11.5 Å².